The molecule has 0 aliphatic carbocycles. The molecule has 144 valence electrons. The Bertz CT molecular complexity index is 1200. The maximum atomic E-state index is 9.93. The minimum atomic E-state index is 0.576. The van der Waals surface area contributed by atoms with Crippen LogP contribution in [-0.2, 0) is 0 Å². The third kappa shape index (κ3) is 3.35. The summed E-state index contributed by atoms with van der Waals surface area (Å²) in [6.45, 7) is 0. The predicted octanol–water partition coefficient (Wildman–Crippen LogP) is 4.14. The van der Waals surface area contributed by atoms with Crippen LogP contribution in [0, 0.1) is 11.3 Å². The maximum absolute atomic E-state index is 9.93. The summed E-state index contributed by atoms with van der Waals surface area (Å²) in [7, 11) is 3.27. The predicted molar refractivity (Wildman–Crippen MR) is 113 cm³/mol. The van der Waals surface area contributed by atoms with E-state index in [1.807, 2.05) is 71.3 Å². The Morgan fingerprint density at radius 1 is 0.897 bits per heavy atom. The highest BCUT2D eigenvalue weighted by molar-refractivity contribution is 5.96. The van der Waals surface area contributed by atoms with Gasteiger partial charge < -0.3 is 20.5 Å². The van der Waals surface area contributed by atoms with Gasteiger partial charge in [-0.3, -0.25) is 4.57 Å². The molecule has 1 heterocycles. The van der Waals surface area contributed by atoms with E-state index in [4.69, 9.17) is 9.47 Å². The Morgan fingerprint density at radius 2 is 1.52 bits per heavy atom. The van der Waals surface area contributed by atoms with E-state index in [1.54, 1.807) is 14.2 Å². The van der Waals surface area contributed by atoms with E-state index in [0.717, 1.165) is 39.5 Å². The number of nitrogens with one attached hydrogen (secondary N) is 1. The Labute approximate surface area is 168 Å². The van der Waals surface area contributed by atoms with Crippen LogP contribution < -0.4 is 20.5 Å². The molecule has 0 bridgehead atoms. The largest absolute Gasteiger partial charge is 0.497 e. The van der Waals surface area contributed by atoms with Crippen LogP contribution in [0.5, 0.6) is 11.5 Å². The first-order valence-corrected chi connectivity index (χ1v) is 9.10. The van der Waals surface area contributed by atoms with Gasteiger partial charge in [-0.05, 0) is 60.7 Å². The Kier molecular flexibility index (Phi) is 4.82. The number of quaternary nitrogens is 1. The molecule has 0 saturated heterocycles. The zero-order valence-corrected chi connectivity index (χ0v) is 16.3. The standard InChI is InChI=1S/C23H20N4O2/c1-28-18-8-4-16(5-9-18)26-23-21(14-24)20-12-3-15(25)13-22(20)27(23)17-6-10-19(29-2)11-7-17/h3-13,26H,25H2,1-2H3/p+1. The van der Waals surface area contributed by atoms with Crippen molar-refractivity contribution in [1.29, 1.82) is 5.26 Å². The minimum Gasteiger partial charge on any atom is -0.497 e. The number of methoxy groups -OCH3 is 2. The number of nitriles is 1. The average Bonchev–Trinajstić information content (AvgIpc) is 3.06. The van der Waals surface area contributed by atoms with Crippen molar-refractivity contribution in [3.63, 3.8) is 0 Å². The molecule has 4 rings (SSSR count). The molecule has 0 aliphatic rings. The SMILES string of the molecule is COc1ccc(Nc2c(C#N)c3ccc([NH3+])cc3n2-c2ccc(OC)cc2)cc1. The molecule has 0 amide bonds. The Hall–Kier alpha value is -3.95. The van der Waals surface area contributed by atoms with Crippen LogP contribution in [0.25, 0.3) is 16.6 Å². The van der Waals surface area contributed by atoms with E-state index in [9.17, 15) is 5.26 Å². The van der Waals surface area contributed by atoms with Crippen LogP contribution in [0.1, 0.15) is 5.56 Å². The van der Waals surface area contributed by atoms with E-state index in [0.29, 0.717) is 11.4 Å². The number of ether oxygens (including phenoxy) is 2. The second-order valence-electron chi connectivity index (χ2n) is 6.57. The molecule has 6 nitrogen and oxygen atoms in total. The van der Waals surface area contributed by atoms with Crippen molar-refractivity contribution in [3.05, 3.63) is 72.3 Å². The molecular formula is C23H21N4O2+. The van der Waals surface area contributed by atoms with Crippen LogP contribution in [0.15, 0.2) is 66.7 Å². The third-order valence-electron chi connectivity index (χ3n) is 4.83. The average molecular weight is 385 g/mol. The molecule has 29 heavy (non-hydrogen) atoms. The summed E-state index contributed by atoms with van der Waals surface area (Å²) in [6, 6.07) is 23.5. The van der Waals surface area contributed by atoms with Crippen molar-refractivity contribution in [2.45, 2.75) is 0 Å². The number of nitrogens with zero attached hydrogens (tertiary/aromatic N) is 2. The molecule has 0 unspecified atom stereocenters. The molecule has 0 radical (unpaired) electrons. The zero-order valence-electron chi connectivity index (χ0n) is 16.3. The van der Waals surface area contributed by atoms with Gasteiger partial charge in [0.25, 0.3) is 0 Å². The molecule has 0 fully saturated rings. The van der Waals surface area contributed by atoms with Gasteiger partial charge in [0.15, 0.2) is 0 Å². The van der Waals surface area contributed by atoms with Gasteiger partial charge in [-0.15, -0.1) is 0 Å². The number of fused-ring (bicyclic) bond motifs is 1. The van der Waals surface area contributed by atoms with Gasteiger partial charge in [0.2, 0.25) is 0 Å². The van der Waals surface area contributed by atoms with Crippen molar-refractivity contribution in [2.75, 3.05) is 19.5 Å². The highest BCUT2D eigenvalue weighted by Crippen LogP contribution is 2.36. The summed E-state index contributed by atoms with van der Waals surface area (Å²) < 4.78 is 12.6. The minimum absolute atomic E-state index is 0.576. The molecule has 0 saturated carbocycles. The number of aromatic nitrogens is 1. The van der Waals surface area contributed by atoms with Gasteiger partial charge in [0.1, 0.15) is 34.6 Å². The van der Waals surface area contributed by atoms with Crippen LogP contribution in [0.4, 0.5) is 17.2 Å². The van der Waals surface area contributed by atoms with Crippen LogP contribution in [-0.4, -0.2) is 18.8 Å². The Morgan fingerprint density at radius 3 is 2.10 bits per heavy atom. The normalized spacial score (nSPS) is 10.6. The van der Waals surface area contributed by atoms with Crippen molar-refractivity contribution in [2.24, 2.45) is 0 Å². The van der Waals surface area contributed by atoms with E-state index in [1.165, 1.54) is 0 Å². The van der Waals surface area contributed by atoms with Crippen molar-refractivity contribution >= 4 is 28.1 Å². The van der Waals surface area contributed by atoms with Crippen molar-refractivity contribution in [1.82, 2.24) is 4.57 Å². The highest BCUT2D eigenvalue weighted by atomic mass is 16.5. The fourth-order valence-corrected chi connectivity index (χ4v) is 3.38. The monoisotopic (exact) mass is 385 g/mol. The number of hydrogen-bond donors (Lipinski definition) is 2. The van der Waals surface area contributed by atoms with Gasteiger partial charge in [-0.2, -0.15) is 5.26 Å². The highest BCUT2D eigenvalue weighted by Gasteiger charge is 2.19. The Balaban J connectivity index is 1.93. The summed E-state index contributed by atoms with van der Waals surface area (Å²) in [5.74, 6) is 2.24. The topological polar surface area (TPSA) is 86.9 Å². The fourth-order valence-electron chi connectivity index (χ4n) is 3.38. The molecule has 3 aromatic carbocycles. The first-order chi connectivity index (χ1) is 14.1. The van der Waals surface area contributed by atoms with Crippen LogP contribution >= 0.6 is 0 Å². The van der Waals surface area contributed by atoms with Gasteiger partial charge in [0.05, 0.1) is 19.7 Å². The lowest BCUT2D eigenvalue weighted by Gasteiger charge is -2.14. The second-order valence-corrected chi connectivity index (χ2v) is 6.57. The molecular weight excluding hydrogens is 364 g/mol. The lowest BCUT2D eigenvalue weighted by Crippen LogP contribution is -2.39. The first kappa shape index (κ1) is 18.4. The van der Waals surface area contributed by atoms with Gasteiger partial charge in [0, 0.05) is 22.8 Å². The zero-order chi connectivity index (χ0) is 20.4. The second kappa shape index (κ2) is 7.58. The smallest absolute Gasteiger partial charge is 0.134 e. The maximum Gasteiger partial charge on any atom is 0.134 e. The van der Waals surface area contributed by atoms with E-state index in [-0.39, 0.29) is 0 Å². The molecule has 4 aromatic rings. The lowest BCUT2D eigenvalue weighted by molar-refractivity contribution is -0.254. The van der Waals surface area contributed by atoms with Crippen LogP contribution in [0.2, 0.25) is 0 Å². The van der Waals surface area contributed by atoms with Gasteiger partial charge in [-0.25, -0.2) is 0 Å². The molecule has 4 N–H and O–H groups in total. The quantitative estimate of drug-likeness (QED) is 0.541. The summed E-state index contributed by atoms with van der Waals surface area (Å²) >= 11 is 0. The van der Waals surface area contributed by atoms with Crippen molar-refractivity contribution in [3.8, 4) is 23.3 Å². The van der Waals surface area contributed by atoms with E-state index >= 15 is 0 Å². The number of rotatable bonds is 5. The van der Waals surface area contributed by atoms with Gasteiger partial charge in [-0.1, -0.05) is 0 Å². The summed E-state index contributed by atoms with van der Waals surface area (Å²) in [6.07, 6.45) is 0. The van der Waals surface area contributed by atoms with Crippen molar-refractivity contribution < 1.29 is 15.2 Å². The number of anilines is 2. The first-order valence-electron chi connectivity index (χ1n) is 9.10. The van der Waals surface area contributed by atoms with Crippen LogP contribution in [0.3, 0.4) is 0 Å². The van der Waals surface area contributed by atoms with Gasteiger partial charge >= 0.3 is 0 Å². The number of hydrogen-bond acceptors (Lipinski definition) is 4. The molecule has 0 atom stereocenters. The summed E-state index contributed by atoms with van der Waals surface area (Å²) in [4.78, 5) is 0. The molecule has 6 heteroatoms. The lowest BCUT2D eigenvalue weighted by atomic mass is 10.1. The summed E-state index contributed by atoms with van der Waals surface area (Å²) in [5, 5.41) is 14.2. The molecule has 0 spiro atoms. The number of benzene rings is 3. The third-order valence-corrected chi connectivity index (χ3v) is 4.83. The molecule has 1 aromatic heterocycles. The van der Waals surface area contributed by atoms with E-state index in [2.05, 4.69) is 17.1 Å². The van der Waals surface area contributed by atoms with E-state index < -0.39 is 0 Å². The summed E-state index contributed by atoms with van der Waals surface area (Å²) in [5.41, 5.74) is 8.19. The molecule has 0 aliphatic heterocycles. The fraction of sp³-hybridized carbons (Fsp3) is 0.0870.